The van der Waals surface area contributed by atoms with Crippen molar-refractivity contribution < 1.29 is 8.42 Å². The van der Waals surface area contributed by atoms with Crippen LogP contribution >= 0.6 is 11.6 Å². The molecule has 26 heavy (non-hydrogen) atoms. The van der Waals surface area contributed by atoms with Crippen LogP contribution in [0.25, 0.3) is 0 Å². The molecule has 5 nitrogen and oxygen atoms in total. The van der Waals surface area contributed by atoms with Gasteiger partial charge in [0.15, 0.2) is 4.91 Å². The number of nitriles is 1. The maximum absolute atomic E-state index is 12.6. The minimum absolute atomic E-state index is 0.130. The Bertz CT molecular complexity index is 944. The van der Waals surface area contributed by atoms with Gasteiger partial charge in [0.2, 0.25) is 9.84 Å². The van der Waals surface area contributed by atoms with Crippen molar-refractivity contribution in [3.63, 3.8) is 0 Å². The predicted octanol–water partition coefficient (Wildman–Crippen LogP) is 3.30. The lowest BCUT2D eigenvalue weighted by molar-refractivity contribution is 0.348. The maximum Gasteiger partial charge on any atom is 0.218 e. The van der Waals surface area contributed by atoms with E-state index in [4.69, 9.17) is 11.6 Å². The van der Waals surface area contributed by atoms with Gasteiger partial charge in [-0.2, -0.15) is 5.26 Å². The first-order valence-corrected chi connectivity index (χ1v) is 10.0. The molecule has 1 aliphatic rings. The SMILES string of the molecule is N#C/C(=C/N1CCN(c2cccc(Cl)c2)CC1)S(=O)(=O)c1ccccc1. The number of anilines is 1. The van der Waals surface area contributed by atoms with Crippen LogP contribution in [-0.4, -0.2) is 39.5 Å². The van der Waals surface area contributed by atoms with Crippen molar-refractivity contribution in [2.45, 2.75) is 4.90 Å². The lowest BCUT2D eigenvalue weighted by Gasteiger charge is -2.35. The fraction of sp³-hybridized carbons (Fsp3) is 0.211. The smallest absolute Gasteiger partial charge is 0.218 e. The number of benzene rings is 2. The third-order valence-electron chi connectivity index (χ3n) is 4.24. The van der Waals surface area contributed by atoms with Crippen molar-refractivity contribution in [1.29, 1.82) is 5.26 Å². The molecule has 134 valence electrons. The Balaban J connectivity index is 1.73. The van der Waals surface area contributed by atoms with Crippen molar-refractivity contribution >= 4 is 27.1 Å². The fourth-order valence-corrected chi connectivity index (χ4v) is 4.19. The first-order chi connectivity index (χ1) is 12.5. The van der Waals surface area contributed by atoms with Gasteiger partial charge in [0.25, 0.3) is 0 Å². The van der Waals surface area contributed by atoms with E-state index in [2.05, 4.69) is 4.90 Å². The van der Waals surface area contributed by atoms with Crippen LogP contribution < -0.4 is 4.90 Å². The molecule has 1 aliphatic heterocycles. The van der Waals surface area contributed by atoms with Crippen LogP contribution in [0.3, 0.4) is 0 Å². The number of piperazine rings is 1. The van der Waals surface area contributed by atoms with Crippen molar-refractivity contribution in [2.24, 2.45) is 0 Å². The second-order valence-corrected chi connectivity index (χ2v) is 8.28. The Morgan fingerprint density at radius 1 is 1.04 bits per heavy atom. The van der Waals surface area contributed by atoms with E-state index < -0.39 is 9.84 Å². The number of allylic oxidation sites excluding steroid dienone is 1. The second-order valence-electron chi connectivity index (χ2n) is 5.92. The lowest BCUT2D eigenvalue weighted by Crippen LogP contribution is -2.44. The average Bonchev–Trinajstić information content (AvgIpc) is 2.67. The highest BCUT2D eigenvalue weighted by molar-refractivity contribution is 7.95. The number of sulfone groups is 1. The van der Waals surface area contributed by atoms with Gasteiger partial charge in [-0.05, 0) is 30.3 Å². The molecule has 1 heterocycles. The zero-order chi connectivity index (χ0) is 18.6. The van der Waals surface area contributed by atoms with Crippen LogP contribution in [0, 0.1) is 11.3 Å². The van der Waals surface area contributed by atoms with Gasteiger partial charge in [-0.3, -0.25) is 0 Å². The minimum atomic E-state index is -3.79. The predicted molar refractivity (Wildman–Crippen MR) is 103 cm³/mol. The standard InChI is InChI=1S/C19H18ClN3O2S/c20-16-5-4-6-17(13-16)23-11-9-22(10-12-23)15-19(14-21)26(24,25)18-7-2-1-3-8-18/h1-8,13,15H,9-12H2/b19-15-. The van der Waals surface area contributed by atoms with Crippen LogP contribution in [0.15, 0.2) is 70.6 Å². The summed E-state index contributed by atoms with van der Waals surface area (Å²) in [7, 11) is -3.79. The molecule has 0 atom stereocenters. The van der Waals surface area contributed by atoms with Gasteiger partial charge in [0, 0.05) is 43.1 Å². The quantitative estimate of drug-likeness (QED) is 0.753. The molecule has 0 amide bonds. The van der Waals surface area contributed by atoms with Crippen molar-refractivity contribution in [1.82, 2.24) is 4.90 Å². The highest BCUT2D eigenvalue weighted by Gasteiger charge is 2.23. The van der Waals surface area contributed by atoms with Gasteiger partial charge < -0.3 is 9.80 Å². The molecule has 0 bridgehead atoms. The molecule has 0 aliphatic carbocycles. The Morgan fingerprint density at radius 3 is 2.35 bits per heavy atom. The summed E-state index contributed by atoms with van der Waals surface area (Å²) < 4.78 is 25.2. The first-order valence-electron chi connectivity index (χ1n) is 8.17. The summed E-state index contributed by atoms with van der Waals surface area (Å²) in [6.45, 7) is 2.70. The molecule has 2 aromatic rings. The largest absolute Gasteiger partial charge is 0.372 e. The van der Waals surface area contributed by atoms with Gasteiger partial charge in [-0.25, -0.2) is 8.42 Å². The van der Waals surface area contributed by atoms with Crippen molar-refractivity contribution in [3.8, 4) is 6.07 Å². The van der Waals surface area contributed by atoms with Gasteiger partial charge >= 0.3 is 0 Å². The summed E-state index contributed by atoms with van der Waals surface area (Å²) in [5.74, 6) is 0. The van der Waals surface area contributed by atoms with Crippen molar-refractivity contribution in [2.75, 3.05) is 31.1 Å². The zero-order valence-electron chi connectivity index (χ0n) is 14.0. The number of nitrogens with zero attached hydrogens (tertiary/aromatic N) is 3. The summed E-state index contributed by atoms with van der Waals surface area (Å²) in [6, 6.07) is 17.5. The van der Waals surface area contributed by atoms with E-state index in [1.807, 2.05) is 35.2 Å². The third-order valence-corrected chi connectivity index (χ3v) is 6.14. The second kappa shape index (κ2) is 7.81. The van der Waals surface area contributed by atoms with E-state index in [1.54, 1.807) is 18.2 Å². The van der Waals surface area contributed by atoms with Crippen molar-refractivity contribution in [3.05, 3.63) is 70.7 Å². The van der Waals surface area contributed by atoms with E-state index >= 15 is 0 Å². The summed E-state index contributed by atoms with van der Waals surface area (Å²) in [4.78, 5) is 3.96. The van der Waals surface area contributed by atoms with Crippen LogP contribution in [0.2, 0.25) is 5.02 Å². The molecular formula is C19H18ClN3O2S. The highest BCUT2D eigenvalue weighted by atomic mass is 35.5. The molecule has 0 unspecified atom stereocenters. The Labute approximate surface area is 158 Å². The van der Waals surface area contributed by atoms with Gasteiger partial charge in [0.05, 0.1) is 4.90 Å². The molecule has 7 heteroatoms. The molecule has 0 aromatic heterocycles. The minimum Gasteiger partial charge on any atom is -0.372 e. The van der Waals surface area contributed by atoms with E-state index in [0.29, 0.717) is 18.1 Å². The number of hydrogen-bond donors (Lipinski definition) is 0. The first kappa shape index (κ1) is 18.3. The van der Waals surface area contributed by atoms with Gasteiger partial charge in [-0.1, -0.05) is 35.9 Å². The topological polar surface area (TPSA) is 64.4 Å². The Kier molecular flexibility index (Phi) is 5.50. The van der Waals surface area contributed by atoms with Crippen LogP contribution in [0.5, 0.6) is 0 Å². The average molecular weight is 388 g/mol. The highest BCUT2D eigenvalue weighted by Crippen LogP contribution is 2.22. The summed E-state index contributed by atoms with van der Waals surface area (Å²) in [5, 5.41) is 10.1. The normalized spacial score (nSPS) is 15.6. The fourth-order valence-electron chi connectivity index (χ4n) is 2.83. The molecular weight excluding hydrogens is 370 g/mol. The van der Waals surface area contributed by atoms with Gasteiger partial charge in [0.1, 0.15) is 6.07 Å². The van der Waals surface area contributed by atoms with E-state index in [1.165, 1.54) is 18.3 Å². The molecule has 0 radical (unpaired) electrons. The van der Waals surface area contributed by atoms with Gasteiger partial charge in [-0.15, -0.1) is 0 Å². The summed E-state index contributed by atoms with van der Waals surface area (Å²) in [5.41, 5.74) is 1.04. The maximum atomic E-state index is 12.6. The molecule has 2 aromatic carbocycles. The summed E-state index contributed by atoms with van der Waals surface area (Å²) in [6.07, 6.45) is 1.46. The number of halogens is 1. The van der Waals surface area contributed by atoms with Crippen LogP contribution in [0.1, 0.15) is 0 Å². The van der Waals surface area contributed by atoms with Crippen LogP contribution in [-0.2, 0) is 9.84 Å². The molecule has 0 spiro atoms. The van der Waals surface area contributed by atoms with E-state index in [0.717, 1.165) is 18.8 Å². The van der Waals surface area contributed by atoms with E-state index in [-0.39, 0.29) is 9.80 Å². The van der Waals surface area contributed by atoms with Crippen LogP contribution in [0.4, 0.5) is 5.69 Å². The molecule has 0 saturated carbocycles. The molecule has 3 rings (SSSR count). The molecule has 1 fully saturated rings. The molecule has 1 saturated heterocycles. The Hall–Kier alpha value is -2.49. The number of hydrogen-bond acceptors (Lipinski definition) is 5. The molecule has 0 N–H and O–H groups in total. The van der Waals surface area contributed by atoms with E-state index in [9.17, 15) is 13.7 Å². The summed E-state index contributed by atoms with van der Waals surface area (Å²) >= 11 is 6.04. The third kappa shape index (κ3) is 4.01. The lowest BCUT2D eigenvalue weighted by atomic mass is 10.2. The monoisotopic (exact) mass is 387 g/mol. The zero-order valence-corrected chi connectivity index (χ0v) is 15.6. The number of rotatable bonds is 4. The Morgan fingerprint density at radius 2 is 1.73 bits per heavy atom.